The summed E-state index contributed by atoms with van der Waals surface area (Å²) in [4.78, 5) is 12.0. The zero-order chi connectivity index (χ0) is 18.1. The third-order valence-corrected chi connectivity index (χ3v) is 4.22. The van der Waals surface area contributed by atoms with E-state index in [0.717, 1.165) is 22.3 Å². The highest BCUT2D eigenvalue weighted by atomic mass is 19.1. The number of Topliss-reactive ketones (excluding diaryl/α,β-unsaturated/α-hetero) is 1. The van der Waals surface area contributed by atoms with E-state index in [0.29, 0.717) is 11.4 Å². The number of hydrogen-bond acceptors (Lipinski definition) is 5. The summed E-state index contributed by atoms with van der Waals surface area (Å²) in [5, 5.41) is 23.7. The van der Waals surface area contributed by atoms with Crippen molar-refractivity contribution in [2.24, 2.45) is 0 Å². The fourth-order valence-electron chi connectivity index (χ4n) is 2.90. The summed E-state index contributed by atoms with van der Waals surface area (Å²) in [7, 11) is 0. The van der Waals surface area contributed by atoms with Crippen LogP contribution in [0.15, 0.2) is 60.4 Å². The van der Waals surface area contributed by atoms with Gasteiger partial charge in [0, 0.05) is 12.0 Å². The lowest BCUT2D eigenvalue weighted by Gasteiger charge is -2.18. The maximum atomic E-state index is 13.2. The number of aromatic amines is 1. The number of carbonyl (C=O) groups excluding carboxylic acids is 1. The van der Waals surface area contributed by atoms with Crippen LogP contribution in [-0.4, -0.2) is 31.5 Å². The number of aliphatic hydroxyl groups excluding tert-OH is 1. The third kappa shape index (κ3) is 2.90. The van der Waals surface area contributed by atoms with Crippen LogP contribution in [0.1, 0.15) is 17.5 Å². The molecule has 1 aromatic heterocycles. The fraction of sp³-hybridized carbons (Fsp3) is 0.0526. The minimum Gasteiger partial charge on any atom is -0.504 e. The van der Waals surface area contributed by atoms with E-state index in [2.05, 4.69) is 20.6 Å². The van der Waals surface area contributed by atoms with Gasteiger partial charge in [-0.1, -0.05) is 36.4 Å². The van der Waals surface area contributed by atoms with Crippen molar-refractivity contribution in [3.63, 3.8) is 0 Å². The summed E-state index contributed by atoms with van der Waals surface area (Å²) in [5.74, 6) is -0.522. The SMILES string of the molecule is O=C1CC(c2ccc(-c3nn[nH]n3)cc2)=C(c2ccc(F)cc2)C=C1O. The first-order chi connectivity index (χ1) is 12.6. The van der Waals surface area contributed by atoms with Gasteiger partial charge in [-0.25, -0.2) is 4.39 Å². The number of nitrogens with one attached hydrogen (secondary N) is 1. The first-order valence-corrected chi connectivity index (χ1v) is 7.89. The summed E-state index contributed by atoms with van der Waals surface area (Å²) in [6.45, 7) is 0. The molecule has 0 radical (unpaired) electrons. The van der Waals surface area contributed by atoms with Crippen LogP contribution in [-0.2, 0) is 4.79 Å². The van der Waals surface area contributed by atoms with Gasteiger partial charge in [-0.3, -0.25) is 4.79 Å². The number of aromatic nitrogens is 4. The summed E-state index contributed by atoms with van der Waals surface area (Å²) in [6, 6.07) is 13.3. The molecule has 0 amide bonds. The second-order valence-electron chi connectivity index (χ2n) is 5.84. The molecule has 6 nitrogen and oxygen atoms in total. The predicted octanol–water partition coefficient (Wildman–Crippen LogP) is 3.33. The zero-order valence-corrected chi connectivity index (χ0v) is 13.5. The van der Waals surface area contributed by atoms with Crippen molar-refractivity contribution in [3.8, 4) is 11.4 Å². The van der Waals surface area contributed by atoms with Crippen LogP contribution in [0, 0.1) is 5.82 Å². The molecule has 0 unspecified atom stereocenters. The molecule has 1 aliphatic carbocycles. The molecular weight excluding hydrogens is 335 g/mol. The molecular formula is C19H13FN4O2. The number of carbonyl (C=O) groups is 1. The lowest BCUT2D eigenvalue weighted by molar-refractivity contribution is -0.117. The molecule has 128 valence electrons. The molecule has 0 spiro atoms. The smallest absolute Gasteiger partial charge is 0.204 e. The molecule has 0 saturated heterocycles. The second-order valence-corrected chi connectivity index (χ2v) is 5.84. The van der Waals surface area contributed by atoms with E-state index in [-0.39, 0.29) is 23.8 Å². The van der Waals surface area contributed by atoms with Crippen LogP contribution in [0.5, 0.6) is 0 Å². The Morgan fingerprint density at radius 1 is 0.962 bits per heavy atom. The molecule has 7 heteroatoms. The quantitative estimate of drug-likeness (QED) is 0.757. The van der Waals surface area contributed by atoms with Crippen molar-refractivity contribution in [1.29, 1.82) is 0 Å². The number of benzene rings is 2. The Hall–Kier alpha value is -3.61. The highest BCUT2D eigenvalue weighted by Crippen LogP contribution is 2.35. The molecule has 4 rings (SSSR count). The summed E-state index contributed by atoms with van der Waals surface area (Å²) >= 11 is 0. The monoisotopic (exact) mass is 348 g/mol. The minimum atomic E-state index is -0.354. The second kappa shape index (κ2) is 6.36. The van der Waals surface area contributed by atoms with Gasteiger partial charge in [0.15, 0.2) is 5.76 Å². The standard InChI is InChI=1S/C19H13FN4O2/c20-14-7-5-12(6-8-14)16-10-18(26)17(25)9-15(16)11-1-3-13(4-2-11)19-21-23-24-22-19/h1-8,10,26H,9H2,(H,21,22,23,24). The Labute approximate surface area is 147 Å². The number of allylic oxidation sites excluding steroid dienone is 4. The number of ketones is 1. The molecule has 2 N–H and O–H groups in total. The number of halogens is 1. The number of hydrogen-bond donors (Lipinski definition) is 2. The number of nitrogens with zero attached hydrogens (tertiary/aromatic N) is 3. The zero-order valence-electron chi connectivity index (χ0n) is 13.5. The number of aliphatic hydroxyl groups is 1. The topological polar surface area (TPSA) is 91.8 Å². The van der Waals surface area contributed by atoms with E-state index >= 15 is 0 Å². The van der Waals surface area contributed by atoms with Gasteiger partial charge in [0.1, 0.15) is 5.82 Å². The Morgan fingerprint density at radius 2 is 1.62 bits per heavy atom. The highest BCUT2D eigenvalue weighted by Gasteiger charge is 2.22. The van der Waals surface area contributed by atoms with Gasteiger partial charge in [0.05, 0.1) is 0 Å². The van der Waals surface area contributed by atoms with E-state index in [9.17, 15) is 14.3 Å². The van der Waals surface area contributed by atoms with Crippen LogP contribution >= 0.6 is 0 Å². The fourth-order valence-corrected chi connectivity index (χ4v) is 2.90. The Bertz CT molecular complexity index is 1020. The van der Waals surface area contributed by atoms with Crippen LogP contribution in [0.4, 0.5) is 4.39 Å². The average molecular weight is 348 g/mol. The number of rotatable bonds is 3. The lowest BCUT2D eigenvalue weighted by Crippen LogP contribution is -2.10. The molecule has 0 aliphatic heterocycles. The molecule has 0 atom stereocenters. The summed E-state index contributed by atoms with van der Waals surface area (Å²) in [5.41, 5.74) is 3.79. The maximum absolute atomic E-state index is 13.2. The average Bonchev–Trinajstić information content (AvgIpc) is 3.19. The number of tetrazole rings is 1. The molecule has 0 fully saturated rings. The van der Waals surface area contributed by atoms with Crippen molar-refractivity contribution in [1.82, 2.24) is 20.6 Å². The minimum absolute atomic E-state index is 0.0661. The molecule has 2 aromatic carbocycles. The van der Waals surface area contributed by atoms with Crippen LogP contribution in [0.2, 0.25) is 0 Å². The molecule has 3 aromatic rings. The van der Waals surface area contributed by atoms with Crippen LogP contribution < -0.4 is 0 Å². The van der Waals surface area contributed by atoms with Gasteiger partial charge in [-0.2, -0.15) is 5.21 Å². The lowest BCUT2D eigenvalue weighted by atomic mass is 9.86. The summed E-state index contributed by atoms with van der Waals surface area (Å²) in [6.07, 6.45) is 1.50. The van der Waals surface area contributed by atoms with E-state index in [1.54, 1.807) is 12.1 Å². The third-order valence-electron chi connectivity index (χ3n) is 4.22. The van der Waals surface area contributed by atoms with Gasteiger partial charge in [0.25, 0.3) is 0 Å². The van der Waals surface area contributed by atoms with Gasteiger partial charge in [-0.15, -0.1) is 10.2 Å². The first-order valence-electron chi connectivity index (χ1n) is 7.89. The first kappa shape index (κ1) is 15.9. The summed E-state index contributed by atoms with van der Waals surface area (Å²) < 4.78 is 13.2. The van der Waals surface area contributed by atoms with Gasteiger partial charge >= 0.3 is 0 Å². The molecule has 0 saturated carbocycles. The molecule has 0 bridgehead atoms. The van der Waals surface area contributed by atoms with Crippen LogP contribution in [0.3, 0.4) is 0 Å². The Balaban J connectivity index is 1.80. The Morgan fingerprint density at radius 3 is 2.27 bits per heavy atom. The molecule has 1 heterocycles. The Kier molecular flexibility index (Phi) is 3.89. The van der Waals surface area contributed by atoms with Crippen molar-refractivity contribution in [3.05, 3.63) is 77.3 Å². The number of H-pyrrole nitrogens is 1. The van der Waals surface area contributed by atoms with Crippen molar-refractivity contribution in [2.45, 2.75) is 6.42 Å². The van der Waals surface area contributed by atoms with E-state index < -0.39 is 0 Å². The largest absolute Gasteiger partial charge is 0.504 e. The van der Waals surface area contributed by atoms with Crippen molar-refractivity contribution < 1.29 is 14.3 Å². The highest BCUT2D eigenvalue weighted by molar-refractivity contribution is 6.12. The van der Waals surface area contributed by atoms with E-state index in [4.69, 9.17) is 0 Å². The predicted molar refractivity (Wildman–Crippen MR) is 93.2 cm³/mol. The molecule has 1 aliphatic rings. The van der Waals surface area contributed by atoms with Gasteiger partial charge in [-0.05, 0) is 45.7 Å². The van der Waals surface area contributed by atoms with E-state index in [1.807, 2.05) is 24.3 Å². The maximum Gasteiger partial charge on any atom is 0.204 e. The van der Waals surface area contributed by atoms with Gasteiger partial charge < -0.3 is 5.11 Å². The normalized spacial score (nSPS) is 14.5. The van der Waals surface area contributed by atoms with Gasteiger partial charge in [0.2, 0.25) is 11.6 Å². The van der Waals surface area contributed by atoms with Crippen molar-refractivity contribution in [2.75, 3.05) is 0 Å². The van der Waals surface area contributed by atoms with E-state index in [1.165, 1.54) is 18.2 Å². The van der Waals surface area contributed by atoms with Crippen molar-refractivity contribution >= 4 is 16.9 Å². The molecule has 26 heavy (non-hydrogen) atoms. The van der Waals surface area contributed by atoms with Crippen LogP contribution in [0.25, 0.3) is 22.5 Å².